The third-order valence-electron chi connectivity index (χ3n) is 4.57. The largest absolute Gasteiger partial charge is 0.495 e. The lowest BCUT2D eigenvalue weighted by Gasteiger charge is -2.24. The average Bonchev–Trinajstić information content (AvgIpc) is 2.61. The minimum absolute atomic E-state index is 0.153. The Bertz CT molecular complexity index is 865. The van der Waals surface area contributed by atoms with Crippen LogP contribution in [0, 0.1) is 20.8 Å². The Balaban J connectivity index is 2.16. The van der Waals surface area contributed by atoms with Gasteiger partial charge in [-0.1, -0.05) is 23.7 Å². The van der Waals surface area contributed by atoms with E-state index >= 15 is 0 Å². The summed E-state index contributed by atoms with van der Waals surface area (Å²) < 4.78 is 5.36. The van der Waals surface area contributed by atoms with Gasteiger partial charge in [-0.15, -0.1) is 0 Å². The predicted molar refractivity (Wildman–Crippen MR) is 110 cm³/mol. The van der Waals surface area contributed by atoms with E-state index in [1.165, 1.54) is 18.9 Å². The summed E-state index contributed by atoms with van der Waals surface area (Å²) in [5.41, 5.74) is 4.36. The van der Waals surface area contributed by atoms with E-state index in [0.29, 0.717) is 16.5 Å². The first kappa shape index (κ1) is 20.8. The number of rotatable bonds is 6. The number of hydrogen-bond donors (Lipinski definition) is 1. The van der Waals surface area contributed by atoms with Crippen LogP contribution in [0.15, 0.2) is 30.3 Å². The molecule has 144 valence electrons. The maximum Gasteiger partial charge on any atom is 0.226 e. The van der Waals surface area contributed by atoms with Crippen LogP contribution >= 0.6 is 11.6 Å². The van der Waals surface area contributed by atoms with Crippen LogP contribution in [-0.2, 0) is 9.59 Å². The minimum Gasteiger partial charge on any atom is -0.495 e. The van der Waals surface area contributed by atoms with Gasteiger partial charge < -0.3 is 15.0 Å². The molecule has 0 spiro atoms. The Morgan fingerprint density at radius 2 is 1.85 bits per heavy atom. The summed E-state index contributed by atoms with van der Waals surface area (Å²) in [6.07, 6.45) is 0.164. The molecule has 27 heavy (non-hydrogen) atoms. The summed E-state index contributed by atoms with van der Waals surface area (Å²) in [7, 11) is 1.52. The second-order valence-electron chi connectivity index (χ2n) is 6.49. The standard InChI is InChI=1S/C21H25ClN2O3/c1-13-7-6-8-18(15(13)3)23-21(26)9-10-24(16(4)25)19-11-14(2)17(22)12-20(19)27-5/h6-8,11-12H,9-10H2,1-5H3,(H,23,26). The Kier molecular flexibility index (Phi) is 6.86. The van der Waals surface area contributed by atoms with Crippen molar-refractivity contribution in [2.75, 3.05) is 23.9 Å². The number of ether oxygens (including phenoxy) is 1. The molecule has 6 heteroatoms. The van der Waals surface area contributed by atoms with Gasteiger partial charge in [-0.2, -0.15) is 0 Å². The highest BCUT2D eigenvalue weighted by Crippen LogP contribution is 2.34. The van der Waals surface area contributed by atoms with Crippen molar-refractivity contribution in [3.8, 4) is 5.75 Å². The van der Waals surface area contributed by atoms with Crippen molar-refractivity contribution in [2.45, 2.75) is 34.1 Å². The molecular formula is C21H25ClN2O3. The lowest BCUT2D eigenvalue weighted by atomic mass is 10.1. The van der Waals surface area contributed by atoms with Crippen LogP contribution in [0.25, 0.3) is 0 Å². The Morgan fingerprint density at radius 1 is 1.15 bits per heavy atom. The number of carbonyl (C=O) groups excluding carboxylic acids is 2. The van der Waals surface area contributed by atoms with Gasteiger partial charge in [0.15, 0.2) is 0 Å². The van der Waals surface area contributed by atoms with E-state index in [4.69, 9.17) is 16.3 Å². The van der Waals surface area contributed by atoms with E-state index in [9.17, 15) is 9.59 Å². The zero-order valence-corrected chi connectivity index (χ0v) is 17.1. The van der Waals surface area contributed by atoms with Crippen molar-refractivity contribution in [1.82, 2.24) is 0 Å². The van der Waals surface area contributed by atoms with Gasteiger partial charge in [0.25, 0.3) is 0 Å². The fourth-order valence-electron chi connectivity index (χ4n) is 2.78. The molecule has 2 amide bonds. The molecule has 1 N–H and O–H groups in total. The van der Waals surface area contributed by atoms with E-state index in [1.807, 2.05) is 39.0 Å². The average molecular weight is 389 g/mol. The molecule has 2 aromatic carbocycles. The number of amides is 2. The molecule has 0 aromatic heterocycles. The first-order valence-electron chi connectivity index (χ1n) is 8.73. The number of hydrogen-bond acceptors (Lipinski definition) is 3. The van der Waals surface area contributed by atoms with Crippen molar-refractivity contribution >= 4 is 34.8 Å². The number of carbonyl (C=O) groups is 2. The Hall–Kier alpha value is -2.53. The molecule has 0 saturated carbocycles. The van der Waals surface area contributed by atoms with E-state index < -0.39 is 0 Å². The molecule has 0 aliphatic heterocycles. The first-order chi connectivity index (χ1) is 12.7. The van der Waals surface area contributed by atoms with Crippen molar-refractivity contribution in [3.05, 3.63) is 52.0 Å². The summed E-state index contributed by atoms with van der Waals surface area (Å²) in [5, 5.41) is 3.48. The van der Waals surface area contributed by atoms with Crippen molar-refractivity contribution < 1.29 is 14.3 Å². The van der Waals surface area contributed by atoms with Crippen LogP contribution in [0.3, 0.4) is 0 Å². The summed E-state index contributed by atoms with van der Waals surface area (Å²) in [4.78, 5) is 26.1. The molecule has 0 fully saturated rings. The second kappa shape index (κ2) is 8.91. The van der Waals surface area contributed by atoms with Crippen molar-refractivity contribution in [1.29, 1.82) is 0 Å². The van der Waals surface area contributed by atoms with Crippen LogP contribution in [0.4, 0.5) is 11.4 Å². The zero-order chi connectivity index (χ0) is 20.1. The Morgan fingerprint density at radius 3 is 2.48 bits per heavy atom. The molecule has 0 radical (unpaired) electrons. The maximum absolute atomic E-state index is 12.4. The SMILES string of the molecule is COc1cc(Cl)c(C)cc1N(CCC(=O)Nc1cccc(C)c1C)C(C)=O. The van der Waals surface area contributed by atoms with Crippen LogP contribution in [0.1, 0.15) is 30.0 Å². The van der Waals surface area contributed by atoms with Crippen LogP contribution in [-0.4, -0.2) is 25.5 Å². The van der Waals surface area contributed by atoms with Crippen LogP contribution in [0.5, 0.6) is 5.75 Å². The number of nitrogens with one attached hydrogen (secondary N) is 1. The zero-order valence-electron chi connectivity index (χ0n) is 16.4. The molecule has 0 saturated heterocycles. The van der Waals surface area contributed by atoms with E-state index in [2.05, 4.69) is 5.32 Å². The first-order valence-corrected chi connectivity index (χ1v) is 9.10. The van der Waals surface area contributed by atoms with Crippen LogP contribution in [0.2, 0.25) is 5.02 Å². The topological polar surface area (TPSA) is 58.6 Å². The highest BCUT2D eigenvalue weighted by Gasteiger charge is 2.19. The van der Waals surface area contributed by atoms with Gasteiger partial charge in [0, 0.05) is 36.7 Å². The number of halogens is 1. The molecule has 2 rings (SSSR count). The molecule has 5 nitrogen and oxygen atoms in total. The summed E-state index contributed by atoms with van der Waals surface area (Å²) >= 11 is 6.15. The fraction of sp³-hybridized carbons (Fsp3) is 0.333. The highest BCUT2D eigenvalue weighted by atomic mass is 35.5. The number of aryl methyl sites for hydroxylation is 2. The summed E-state index contributed by atoms with van der Waals surface area (Å²) in [6.45, 7) is 7.53. The highest BCUT2D eigenvalue weighted by molar-refractivity contribution is 6.31. The molecular weight excluding hydrogens is 364 g/mol. The molecule has 0 unspecified atom stereocenters. The second-order valence-corrected chi connectivity index (χ2v) is 6.90. The molecule has 0 aliphatic rings. The molecule has 0 bridgehead atoms. The van der Waals surface area contributed by atoms with E-state index in [1.54, 1.807) is 12.1 Å². The quantitative estimate of drug-likeness (QED) is 0.783. The number of anilines is 2. The predicted octanol–water partition coefficient (Wildman–Crippen LogP) is 4.66. The van der Waals surface area contributed by atoms with Gasteiger partial charge in [0.2, 0.25) is 11.8 Å². The van der Waals surface area contributed by atoms with Gasteiger partial charge in [-0.3, -0.25) is 9.59 Å². The third kappa shape index (κ3) is 5.01. The van der Waals surface area contributed by atoms with Gasteiger partial charge in [-0.05, 0) is 49.6 Å². The number of benzene rings is 2. The fourth-order valence-corrected chi connectivity index (χ4v) is 2.94. The smallest absolute Gasteiger partial charge is 0.226 e. The molecule has 0 atom stereocenters. The van der Waals surface area contributed by atoms with Gasteiger partial charge in [0.1, 0.15) is 5.75 Å². The van der Waals surface area contributed by atoms with E-state index in [0.717, 1.165) is 22.4 Å². The number of nitrogens with zero attached hydrogens (tertiary/aromatic N) is 1. The maximum atomic E-state index is 12.4. The number of methoxy groups -OCH3 is 1. The van der Waals surface area contributed by atoms with Crippen molar-refractivity contribution in [2.24, 2.45) is 0 Å². The van der Waals surface area contributed by atoms with Crippen LogP contribution < -0.4 is 15.0 Å². The summed E-state index contributed by atoms with van der Waals surface area (Å²) in [6, 6.07) is 9.25. The minimum atomic E-state index is -0.172. The lowest BCUT2D eigenvalue weighted by molar-refractivity contribution is -0.117. The lowest BCUT2D eigenvalue weighted by Crippen LogP contribution is -2.32. The summed E-state index contributed by atoms with van der Waals surface area (Å²) in [5.74, 6) is 0.171. The monoisotopic (exact) mass is 388 g/mol. The molecule has 0 heterocycles. The Labute approximate surface area is 165 Å². The van der Waals surface area contributed by atoms with Gasteiger partial charge in [0.05, 0.1) is 12.8 Å². The molecule has 0 aliphatic carbocycles. The third-order valence-corrected chi connectivity index (χ3v) is 4.98. The van der Waals surface area contributed by atoms with E-state index in [-0.39, 0.29) is 24.8 Å². The van der Waals surface area contributed by atoms with Gasteiger partial charge in [-0.25, -0.2) is 0 Å². The normalized spacial score (nSPS) is 10.4. The van der Waals surface area contributed by atoms with Crippen molar-refractivity contribution in [3.63, 3.8) is 0 Å². The van der Waals surface area contributed by atoms with Gasteiger partial charge >= 0.3 is 0 Å². The molecule has 2 aromatic rings.